The van der Waals surface area contributed by atoms with E-state index >= 15 is 0 Å². The van der Waals surface area contributed by atoms with E-state index < -0.39 is 6.10 Å². The third-order valence-corrected chi connectivity index (χ3v) is 2.69. The van der Waals surface area contributed by atoms with Crippen LogP contribution in [0.1, 0.15) is 19.4 Å². The van der Waals surface area contributed by atoms with Crippen LogP contribution in [0.5, 0.6) is 11.5 Å². The maximum atomic E-state index is 9.20. The maximum Gasteiger partial charge on any atom is 0.174 e. The molecular weight excluding hydrogens is 284 g/mol. The quantitative estimate of drug-likeness (QED) is 0.907. The molecule has 0 aromatic heterocycles. The smallest absolute Gasteiger partial charge is 0.174 e. The average Bonchev–Trinajstić information content (AvgIpc) is 2.26. The van der Waals surface area contributed by atoms with Gasteiger partial charge >= 0.3 is 0 Å². The van der Waals surface area contributed by atoms with E-state index in [1.54, 1.807) is 20.1 Å². The Labute approximate surface area is 110 Å². The van der Waals surface area contributed by atoms with Crippen LogP contribution in [0.4, 0.5) is 0 Å². The van der Waals surface area contributed by atoms with Gasteiger partial charge in [0.15, 0.2) is 11.5 Å². The first kappa shape index (κ1) is 14.1. The molecule has 1 rings (SSSR count). The summed E-state index contributed by atoms with van der Waals surface area (Å²) in [7, 11) is 1.61. The molecule has 0 bridgehead atoms. The van der Waals surface area contributed by atoms with Crippen LogP contribution in [-0.2, 0) is 0 Å². The molecule has 1 aromatic rings. The Hall–Kier alpha value is -1.00. The van der Waals surface area contributed by atoms with Crippen molar-refractivity contribution in [3.8, 4) is 11.5 Å². The van der Waals surface area contributed by atoms with Crippen LogP contribution in [0.2, 0.25) is 0 Å². The second-order valence-electron chi connectivity index (χ2n) is 3.57. The van der Waals surface area contributed by atoms with Crippen molar-refractivity contribution in [2.75, 3.05) is 13.7 Å². The first-order valence-corrected chi connectivity index (χ1v) is 6.24. The topological polar surface area (TPSA) is 38.7 Å². The van der Waals surface area contributed by atoms with Crippen LogP contribution < -0.4 is 9.47 Å². The van der Waals surface area contributed by atoms with Gasteiger partial charge in [-0.25, -0.2) is 0 Å². The van der Waals surface area contributed by atoms with Gasteiger partial charge in [0.2, 0.25) is 0 Å². The molecule has 0 aliphatic heterocycles. The van der Waals surface area contributed by atoms with Crippen molar-refractivity contribution in [2.24, 2.45) is 0 Å². The number of halogens is 1. The van der Waals surface area contributed by atoms with Gasteiger partial charge in [0, 0.05) is 0 Å². The molecule has 3 nitrogen and oxygen atoms in total. The first-order valence-electron chi connectivity index (χ1n) is 5.45. The Morgan fingerprint density at radius 1 is 1.47 bits per heavy atom. The molecule has 0 saturated heterocycles. The molecule has 0 fully saturated rings. The van der Waals surface area contributed by atoms with Gasteiger partial charge in [0.1, 0.15) is 0 Å². The lowest BCUT2D eigenvalue weighted by Gasteiger charge is -2.12. The zero-order valence-corrected chi connectivity index (χ0v) is 11.8. The number of methoxy groups -OCH3 is 1. The number of aliphatic hydroxyl groups is 1. The van der Waals surface area contributed by atoms with Gasteiger partial charge < -0.3 is 14.6 Å². The minimum absolute atomic E-state index is 0.466. The summed E-state index contributed by atoms with van der Waals surface area (Å²) in [5.74, 6) is 1.37. The third kappa shape index (κ3) is 4.06. The molecule has 1 atom stereocenters. The van der Waals surface area contributed by atoms with Gasteiger partial charge in [0.25, 0.3) is 0 Å². The summed E-state index contributed by atoms with van der Waals surface area (Å²) in [6.07, 6.45) is 3.09. The molecule has 0 radical (unpaired) electrons. The number of benzene rings is 1. The van der Waals surface area contributed by atoms with Crippen molar-refractivity contribution < 1.29 is 14.6 Å². The predicted octanol–water partition coefficient (Wildman–Crippen LogP) is 3.25. The van der Waals surface area contributed by atoms with Gasteiger partial charge in [-0.15, -0.1) is 0 Å². The van der Waals surface area contributed by atoms with E-state index in [1.165, 1.54) is 0 Å². The Kier molecular flexibility index (Phi) is 5.51. The normalized spacial score (nSPS) is 12.8. The van der Waals surface area contributed by atoms with Crippen LogP contribution in [-0.4, -0.2) is 24.9 Å². The van der Waals surface area contributed by atoms with Crippen molar-refractivity contribution in [3.63, 3.8) is 0 Å². The van der Waals surface area contributed by atoms with E-state index in [0.29, 0.717) is 18.1 Å². The van der Waals surface area contributed by atoms with E-state index in [1.807, 2.05) is 25.1 Å². The van der Waals surface area contributed by atoms with Gasteiger partial charge in [-0.05, 0) is 47.5 Å². The molecule has 0 aliphatic carbocycles. The highest BCUT2D eigenvalue weighted by Gasteiger charge is 2.09. The minimum atomic E-state index is -0.466. The van der Waals surface area contributed by atoms with Crippen molar-refractivity contribution in [1.82, 2.24) is 0 Å². The van der Waals surface area contributed by atoms with Crippen LogP contribution >= 0.6 is 15.9 Å². The van der Waals surface area contributed by atoms with E-state index in [4.69, 9.17) is 9.47 Å². The highest BCUT2D eigenvalue weighted by atomic mass is 79.9. The highest BCUT2D eigenvalue weighted by Crippen LogP contribution is 2.36. The number of rotatable bonds is 5. The zero-order chi connectivity index (χ0) is 12.8. The number of hydrogen-bond donors (Lipinski definition) is 1. The number of aliphatic hydroxyl groups excluding tert-OH is 1. The highest BCUT2D eigenvalue weighted by molar-refractivity contribution is 9.10. The summed E-state index contributed by atoms with van der Waals surface area (Å²) in [6, 6.07) is 3.80. The average molecular weight is 301 g/mol. The van der Waals surface area contributed by atoms with E-state index in [0.717, 1.165) is 10.0 Å². The molecule has 0 aliphatic rings. The molecule has 0 saturated carbocycles. The molecule has 0 amide bonds. The minimum Gasteiger partial charge on any atom is -0.492 e. The largest absolute Gasteiger partial charge is 0.492 e. The van der Waals surface area contributed by atoms with Gasteiger partial charge in [-0.3, -0.25) is 0 Å². The molecule has 1 N–H and O–H groups in total. The summed E-state index contributed by atoms with van der Waals surface area (Å²) in [4.78, 5) is 0. The summed E-state index contributed by atoms with van der Waals surface area (Å²) < 4.78 is 11.6. The van der Waals surface area contributed by atoms with Crippen LogP contribution in [0.15, 0.2) is 22.7 Å². The number of ether oxygens (including phenoxy) is 2. The van der Waals surface area contributed by atoms with E-state index in [9.17, 15) is 5.11 Å². The van der Waals surface area contributed by atoms with Crippen molar-refractivity contribution >= 4 is 22.0 Å². The molecule has 4 heteroatoms. The Balaban J connectivity index is 3.10. The first-order chi connectivity index (χ1) is 8.08. The SMILES string of the molecule is CCOc1cc(/C=C/C(C)O)cc(Br)c1OC. The van der Waals surface area contributed by atoms with E-state index in [-0.39, 0.29) is 0 Å². The van der Waals surface area contributed by atoms with Gasteiger partial charge in [-0.2, -0.15) is 0 Å². The van der Waals surface area contributed by atoms with Crippen molar-refractivity contribution in [2.45, 2.75) is 20.0 Å². The van der Waals surface area contributed by atoms with Gasteiger partial charge in [-0.1, -0.05) is 12.2 Å². The van der Waals surface area contributed by atoms with Crippen LogP contribution in [0, 0.1) is 0 Å². The molecule has 1 unspecified atom stereocenters. The summed E-state index contributed by atoms with van der Waals surface area (Å²) in [5, 5.41) is 9.20. The van der Waals surface area contributed by atoms with Gasteiger partial charge in [0.05, 0.1) is 24.3 Å². The Morgan fingerprint density at radius 3 is 2.71 bits per heavy atom. The summed E-state index contributed by atoms with van der Waals surface area (Å²) in [6.45, 7) is 4.20. The molecule has 94 valence electrons. The fraction of sp³-hybridized carbons (Fsp3) is 0.385. The van der Waals surface area contributed by atoms with Crippen LogP contribution in [0.25, 0.3) is 6.08 Å². The zero-order valence-electron chi connectivity index (χ0n) is 10.2. The predicted molar refractivity (Wildman–Crippen MR) is 72.6 cm³/mol. The fourth-order valence-electron chi connectivity index (χ4n) is 1.40. The second kappa shape index (κ2) is 6.67. The molecule has 0 spiro atoms. The third-order valence-electron chi connectivity index (χ3n) is 2.10. The second-order valence-corrected chi connectivity index (χ2v) is 4.42. The molecule has 17 heavy (non-hydrogen) atoms. The monoisotopic (exact) mass is 300 g/mol. The molecule has 1 aromatic carbocycles. The lowest BCUT2D eigenvalue weighted by molar-refractivity contribution is 0.245. The van der Waals surface area contributed by atoms with Crippen molar-refractivity contribution in [3.05, 3.63) is 28.2 Å². The van der Waals surface area contributed by atoms with E-state index in [2.05, 4.69) is 15.9 Å². The Morgan fingerprint density at radius 2 is 2.18 bits per heavy atom. The lowest BCUT2D eigenvalue weighted by atomic mass is 10.1. The number of hydrogen-bond acceptors (Lipinski definition) is 3. The van der Waals surface area contributed by atoms with Crippen molar-refractivity contribution in [1.29, 1.82) is 0 Å². The van der Waals surface area contributed by atoms with Crippen LogP contribution in [0.3, 0.4) is 0 Å². The molecule has 0 heterocycles. The summed E-state index contributed by atoms with van der Waals surface area (Å²) in [5.41, 5.74) is 0.946. The fourth-order valence-corrected chi connectivity index (χ4v) is 2.02. The Bertz CT molecular complexity index is 400. The summed E-state index contributed by atoms with van der Waals surface area (Å²) >= 11 is 3.43. The maximum absolute atomic E-state index is 9.20. The standard InChI is InChI=1S/C13H17BrO3/c1-4-17-12-8-10(6-5-9(2)15)7-11(14)13(12)16-3/h5-9,15H,4H2,1-3H3/b6-5+. The molecular formula is C13H17BrO3. The lowest BCUT2D eigenvalue weighted by Crippen LogP contribution is -1.97.